The Balaban J connectivity index is 2.45. The van der Waals surface area contributed by atoms with Gasteiger partial charge < -0.3 is 10.6 Å². The first kappa shape index (κ1) is 15.2. The molecule has 0 saturated carbocycles. The van der Waals surface area contributed by atoms with Gasteiger partial charge in [0.15, 0.2) is 0 Å². The van der Waals surface area contributed by atoms with Crippen LogP contribution in [0.4, 0.5) is 5.82 Å². The van der Waals surface area contributed by atoms with E-state index >= 15 is 0 Å². The fourth-order valence-electron chi connectivity index (χ4n) is 2.77. The molecule has 0 bridgehead atoms. The third-order valence-corrected chi connectivity index (χ3v) is 4.39. The lowest BCUT2D eigenvalue weighted by Crippen LogP contribution is -2.58. The van der Waals surface area contributed by atoms with Gasteiger partial charge in [0.25, 0.3) is 0 Å². The minimum Gasteiger partial charge on any atom is -0.389 e. The lowest BCUT2D eigenvalue weighted by Gasteiger charge is -2.46. The lowest BCUT2D eigenvalue weighted by molar-refractivity contribution is 0.138. The Morgan fingerprint density at radius 3 is 2.55 bits per heavy atom. The van der Waals surface area contributed by atoms with Crippen molar-refractivity contribution in [2.75, 3.05) is 31.6 Å². The molecule has 2 N–H and O–H groups in total. The summed E-state index contributed by atoms with van der Waals surface area (Å²) in [5.41, 5.74) is 9.08. The van der Waals surface area contributed by atoms with Crippen molar-refractivity contribution in [2.24, 2.45) is 5.73 Å². The molecule has 4 nitrogen and oxygen atoms in total. The Labute approximate surface area is 127 Å². The second-order valence-corrected chi connectivity index (χ2v) is 6.74. The van der Waals surface area contributed by atoms with E-state index in [0.717, 1.165) is 42.3 Å². The van der Waals surface area contributed by atoms with Gasteiger partial charge in [-0.25, -0.2) is 4.98 Å². The number of nitrogens with zero attached hydrogens (tertiary/aromatic N) is 3. The van der Waals surface area contributed by atoms with Crippen LogP contribution in [0.3, 0.4) is 0 Å². The van der Waals surface area contributed by atoms with Crippen molar-refractivity contribution in [1.29, 1.82) is 0 Å². The summed E-state index contributed by atoms with van der Waals surface area (Å²) in [7, 11) is 2.17. The first-order chi connectivity index (χ1) is 9.22. The molecule has 1 aromatic heterocycles. The number of hydrogen-bond acceptors (Lipinski definition) is 4. The minimum atomic E-state index is 0.116. The van der Waals surface area contributed by atoms with Crippen LogP contribution in [-0.2, 0) is 0 Å². The summed E-state index contributed by atoms with van der Waals surface area (Å²) >= 11 is 5.23. The van der Waals surface area contributed by atoms with E-state index in [2.05, 4.69) is 30.7 Å². The maximum absolute atomic E-state index is 5.92. The highest BCUT2D eigenvalue weighted by atomic mass is 32.1. The van der Waals surface area contributed by atoms with Crippen LogP contribution >= 0.6 is 12.2 Å². The zero-order chi connectivity index (χ0) is 15.1. The van der Waals surface area contributed by atoms with Crippen molar-refractivity contribution in [3.8, 4) is 0 Å². The number of likely N-dealkylation sites (N-methyl/N-ethyl adjacent to an activating group) is 1. The molecule has 1 saturated heterocycles. The molecule has 2 heterocycles. The van der Waals surface area contributed by atoms with Crippen molar-refractivity contribution in [1.82, 2.24) is 9.88 Å². The third kappa shape index (κ3) is 2.79. The molecule has 5 heteroatoms. The average molecular weight is 292 g/mol. The van der Waals surface area contributed by atoms with Crippen LogP contribution in [0.1, 0.15) is 30.7 Å². The molecule has 2 rings (SSSR count). The van der Waals surface area contributed by atoms with Crippen LogP contribution in [0.15, 0.2) is 6.07 Å². The molecule has 0 amide bonds. The number of piperazine rings is 1. The maximum atomic E-state index is 5.92. The second kappa shape index (κ2) is 5.30. The number of rotatable bonds is 2. The Hall–Kier alpha value is -1.20. The van der Waals surface area contributed by atoms with E-state index in [-0.39, 0.29) is 5.54 Å². The molecular weight excluding hydrogens is 268 g/mol. The number of pyridine rings is 1. The fourth-order valence-corrected chi connectivity index (χ4v) is 3.02. The second-order valence-electron chi connectivity index (χ2n) is 6.30. The summed E-state index contributed by atoms with van der Waals surface area (Å²) in [5.74, 6) is 0.941. The molecule has 1 fully saturated rings. The molecule has 110 valence electrons. The summed E-state index contributed by atoms with van der Waals surface area (Å²) in [4.78, 5) is 9.84. The van der Waals surface area contributed by atoms with Gasteiger partial charge in [-0.3, -0.25) is 4.90 Å². The molecule has 0 atom stereocenters. The summed E-state index contributed by atoms with van der Waals surface area (Å²) < 4.78 is 0. The van der Waals surface area contributed by atoms with Crippen molar-refractivity contribution in [3.05, 3.63) is 22.9 Å². The average Bonchev–Trinajstić information content (AvgIpc) is 2.30. The van der Waals surface area contributed by atoms with Crippen molar-refractivity contribution in [2.45, 2.75) is 33.2 Å². The van der Waals surface area contributed by atoms with E-state index in [1.807, 2.05) is 19.9 Å². The summed E-state index contributed by atoms with van der Waals surface area (Å²) in [5, 5.41) is 0. The molecule has 0 aromatic carbocycles. The number of hydrogen-bond donors (Lipinski definition) is 1. The van der Waals surface area contributed by atoms with Crippen LogP contribution in [0.2, 0.25) is 0 Å². The van der Waals surface area contributed by atoms with E-state index < -0.39 is 0 Å². The lowest BCUT2D eigenvalue weighted by atomic mass is 9.98. The number of nitrogens with two attached hydrogens (primary N) is 1. The number of aromatic nitrogens is 1. The van der Waals surface area contributed by atoms with Gasteiger partial charge in [-0.05, 0) is 46.4 Å². The number of aryl methyl sites for hydroxylation is 2. The largest absolute Gasteiger partial charge is 0.389 e. The molecule has 0 aliphatic carbocycles. The minimum absolute atomic E-state index is 0.116. The number of anilines is 1. The highest BCUT2D eigenvalue weighted by molar-refractivity contribution is 7.80. The Morgan fingerprint density at radius 1 is 1.35 bits per heavy atom. The first-order valence-electron chi connectivity index (χ1n) is 6.96. The predicted octanol–water partition coefficient (Wildman–Crippen LogP) is 1.86. The summed E-state index contributed by atoms with van der Waals surface area (Å²) in [6.07, 6.45) is 0. The van der Waals surface area contributed by atoms with E-state index in [1.165, 1.54) is 0 Å². The Morgan fingerprint density at radius 2 is 2.00 bits per heavy atom. The van der Waals surface area contributed by atoms with Gasteiger partial charge in [-0.1, -0.05) is 12.2 Å². The van der Waals surface area contributed by atoms with Gasteiger partial charge in [-0.15, -0.1) is 0 Å². The normalized spacial score (nSPS) is 19.1. The standard InChI is InChI=1S/C15H24N4S/c1-10-8-11(2)17-14(12(10)13(16)20)19-7-6-18(5)15(3,4)9-19/h8H,6-7,9H2,1-5H3,(H2,16,20). The molecule has 1 aliphatic heterocycles. The zero-order valence-corrected chi connectivity index (χ0v) is 13.8. The van der Waals surface area contributed by atoms with E-state index in [0.29, 0.717) is 4.99 Å². The highest BCUT2D eigenvalue weighted by Crippen LogP contribution is 2.28. The van der Waals surface area contributed by atoms with Gasteiger partial charge in [0, 0.05) is 30.9 Å². The van der Waals surface area contributed by atoms with Gasteiger partial charge >= 0.3 is 0 Å². The topological polar surface area (TPSA) is 45.4 Å². The molecule has 0 radical (unpaired) electrons. The summed E-state index contributed by atoms with van der Waals surface area (Å²) in [6, 6.07) is 2.04. The van der Waals surface area contributed by atoms with E-state index in [4.69, 9.17) is 22.9 Å². The smallest absolute Gasteiger partial charge is 0.139 e. The van der Waals surface area contributed by atoms with E-state index in [1.54, 1.807) is 0 Å². The monoisotopic (exact) mass is 292 g/mol. The van der Waals surface area contributed by atoms with Crippen LogP contribution in [0.25, 0.3) is 0 Å². The molecule has 0 spiro atoms. The van der Waals surface area contributed by atoms with Gasteiger partial charge in [0.05, 0.1) is 5.56 Å². The zero-order valence-electron chi connectivity index (χ0n) is 13.0. The van der Waals surface area contributed by atoms with Crippen LogP contribution < -0.4 is 10.6 Å². The number of thiocarbonyl (C=S) groups is 1. The Bertz CT molecular complexity index is 539. The molecule has 1 aromatic rings. The van der Waals surface area contributed by atoms with E-state index in [9.17, 15) is 0 Å². The summed E-state index contributed by atoms with van der Waals surface area (Å²) in [6.45, 7) is 11.5. The predicted molar refractivity (Wildman–Crippen MR) is 88.5 cm³/mol. The molecule has 1 aliphatic rings. The molecule has 20 heavy (non-hydrogen) atoms. The van der Waals surface area contributed by atoms with Gasteiger partial charge in [-0.2, -0.15) is 0 Å². The first-order valence-corrected chi connectivity index (χ1v) is 7.37. The Kier molecular flexibility index (Phi) is 4.02. The highest BCUT2D eigenvalue weighted by Gasteiger charge is 2.33. The van der Waals surface area contributed by atoms with Crippen molar-refractivity contribution >= 4 is 23.0 Å². The van der Waals surface area contributed by atoms with Crippen LogP contribution in [-0.4, -0.2) is 47.1 Å². The molecular formula is C15H24N4S. The SMILES string of the molecule is Cc1cc(C)c(C(N)=S)c(N2CCN(C)C(C)(C)C2)n1. The quantitative estimate of drug-likeness (QED) is 0.843. The third-order valence-electron chi connectivity index (χ3n) is 4.19. The van der Waals surface area contributed by atoms with Crippen molar-refractivity contribution in [3.63, 3.8) is 0 Å². The molecule has 0 unspecified atom stereocenters. The fraction of sp³-hybridized carbons (Fsp3) is 0.600. The van der Waals surface area contributed by atoms with Gasteiger partial charge in [0.2, 0.25) is 0 Å². The van der Waals surface area contributed by atoms with Gasteiger partial charge in [0.1, 0.15) is 10.8 Å². The van der Waals surface area contributed by atoms with Crippen LogP contribution in [0, 0.1) is 13.8 Å². The van der Waals surface area contributed by atoms with Crippen molar-refractivity contribution < 1.29 is 0 Å². The van der Waals surface area contributed by atoms with Crippen LogP contribution in [0.5, 0.6) is 0 Å². The maximum Gasteiger partial charge on any atom is 0.139 e.